The predicted octanol–water partition coefficient (Wildman–Crippen LogP) is 4.02. The topological polar surface area (TPSA) is 49.4 Å². The smallest absolute Gasteiger partial charge is 0.263 e. The van der Waals surface area contributed by atoms with Crippen LogP contribution in [0.15, 0.2) is 78.9 Å². The molecule has 4 rings (SSSR count). The van der Waals surface area contributed by atoms with Crippen molar-refractivity contribution in [2.45, 2.75) is 0 Å². The van der Waals surface area contributed by atoms with Crippen molar-refractivity contribution in [3.8, 4) is 11.1 Å². The standard InChI is InChI=1S/C21H16N2O2/c24-20-18-8-4-5-9-19(18)21(25)23(20)14-22-17-12-10-16(11-13-17)15-6-2-1-3-7-15/h1-13,22H,14H2. The van der Waals surface area contributed by atoms with Gasteiger partial charge in [-0.1, -0.05) is 54.6 Å². The number of rotatable bonds is 4. The third-order valence-electron chi connectivity index (χ3n) is 4.31. The van der Waals surface area contributed by atoms with E-state index in [4.69, 9.17) is 0 Å². The molecule has 0 spiro atoms. The van der Waals surface area contributed by atoms with Crippen molar-refractivity contribution in [3.63, 3.8) is 0 Å². The lowest BCUT2D eigenvalue weighted by Gasteiger charge is -2.16. The number of hydrogen-bond donors (Lipinski definition) is 1. The van der Waals surface area contributed by atoms with Gasteiger partial charge in [0, 0.05) is 5.69 Å². The third kappa shape index (κ3) is 2.78. The lowest BCUT2D eigenvalue weighted by atomic mass is 10.1. The number of carbonyl (C=O) groups excluding carboxylic acids is 2. The molecule has 4 heteroatoms. The molecule has 2 amide bonds. The molecule has 1 N–H and O–H groups in total. The molecule has 0 radical (unpaired) electrons. The van der Waals surface area contributed by atoms with Crippen LogP contribution in [-0.4, -0.2) is 23.4 Å². The van der Waals surface area contributed by atoms with E-state index < -0.39 is 0 Å². The average molecular weight is 328 g/mol. The summed E-state index contributed by atoms with van der Waals surface area (Å²) in [6.45, 7) is 0.150. The second-order valence-corrected chi connectivity index (χ2v) is 5.86. The highest BCUT2D eigenvalue weighted by Gasteiger charge is 2.34. The maximum atomic E-state index is 12.3. The number of nitrogens with zero attached hydrogens (tertiary/aromatic N) is 1. The summed E-state index contributed by atoms with van der Waals surface area (Å²) in [5.74, 6) is -0.511. The molecule has 0 saturated carbocycles. The van der Waals surface area contributed by atoms with Gasteiger partial charge in [0.2, 0.25) is 0 Å². The molecule has 0 fully saturated rings. The van der Waals surface area contributed by atoms with E-state index in [9.17, 15) is 9.59 Å². The van der Waals surface area contributed by atoms with Crippen LogP contribution in [0.4, 0.5) is 5.69 Å². The Morgan fingerprint density at radius 2 is 1.16 bits per heavy atom. The number of imide groups is 1. The first-order valence-electron chi connectivity index (χ1n) is 8.08. The SMILES string of the molecule is O=C1c2ccccc2C(=O)N1CNc1ccc(-c2ccccc2)cc1. The summed E-state index contributed by atoms with van der Waals surface area (Å²) in [5.41, 5.74) is 4.06. The maximum absolute atomic E-state index is 12.3. The van der Waals surface area contributed by atoms with Gasteiger partial charge in [-0.2, -0.15) is 0 Å². The Morgan fingerprint density at radius 1 is 0.640 bits per heavy atom. The molecule has 25 heavy (non-hydrogen) atoms. The normalized spacial score (nSPS) is 13.0. The van der Waals surface area contributed by atoms with E-state index in [-0.39, 0.29) is 18.5 Å². The molecule has 0 aliphatic carbocycles. The number of nitrogens with one attached hydrogen (secondary N) is 1. The van der Waals surface area contributed by atoms with Gasteiger partial charge in [0.15, 0.2) is 0 Å². The van der Waals surface area contributed by atoms with Gasteiger partial charge >= 0.3 is 0 Å². The van der Waals surface area contributed by atoms with Crippen LogP contribution in [0.1, 0.15) is 20.7 Å². The molecule has 0 atom stereocenters. The van der Waals surface area contributed by atoms with Crippen LogP contribution in [0, 0.1) is 0 Å². The summed E-state index contributed by atoms with van der Waals surface area (Å²) in [6.07, 6.45) is 0. The van der Waals surface area contributed by atoms with E-state index in [0.29, 0.717) is 11.1 Å². The summed E-state index contributed by atoms with van der Waals surface area (Å²) in [4.78, 5) is 25.9. The van der Waals surface area contributed by atoms with Crippen LogP contribution >= 0.6 is 0 Å². The van der Waals surface area contributed by atoms with Crippen molar-refractivity contribution >= 4 is 17.5 Å². The van der Waals surface area contributed by atoms with Crippen LogP contribution in [0.2, 0.25) is 0 Å². The summed E-state index contributed by atoms with van der Waals surface area (Å²) in [6, 6.07) is 24.9. The van der Waals surface area contributed by atoms with Crippen molar-refractivity contribution in [3.05, 3.63) is 90.0 Å². The first-order chi connectivity index (χ1) is 12.2. The minimum atomic E-state index is -0.256. The van der Waals surface area contributed by atoms with Gasteiger partial charge in [-0.05, 0) is 35.4 Å². The zero-order valence-corrected chi connectivity index (χ0v) is 13.5. The Hall–Kier alpha value is -3.40. The molecule has 3 aromatic carbocycles. The highest BCUT2D eigenvalue weighted by Crippen LogP contribution is 2.24. The molecule has 0 unspecified atom stereocenters. The molecule has 3 aromatic rings. The first-order valence-corrected chi connectivity index (χ1v) is 8.08. The molecule has 4 nitrogen and oxygen atoms in total. The second kappa shape index (κ2) is 6.24. The summed E-state index contributed by atoms with van der Waals surface area (Å²) >= 11 is 0. The Labute approximate surface area is 145 Å². The highest BCUT2D eigenvalue weighted by atomic mass is 16.2. The van der Waals surface area contributed by atoms with E-state index >= 15 is 0 Å². The third-order valence-corrected chi connectivity index (χ3v) is 4.31. The fourth-order valence-corrected chi connectivity index (χ4v) is 2.96. The minimum Gasteiger partial charge on any atom is -0.367 e. The molecule has 122 valence electrons. The summed E-state index contributed by atoms with van der Waals surface area (Å²) in [5, 5.41) is 3.15. The zero-order chi connectivity index (χ0) is 17.2. The quantitative estimate of drug-likeness (QED) is 0.736. The number of carbonyl (C=O) groups is 2. The summed E-state index contributed by atoms with van der Waals surface area (Å²) in [7, 11) is 0. The maximum Gasteiger partial charge on any atom is 0.263 e. The Morgan fingerprint density at radius 3 is 1.76 bits per heavy atom. The fourth-order valence-electron chi connectivity index (χ4n) is 2.96. The van der Waals surface area contributed by atoms with Crippen LogP contribution < -0.4 is 5.32 Å². The molecule has 1 aliphatic heterocycles. The van der Waals surface area contributed by atoms with Gasteiger partial charge in [0.05, 0.1) is 17.8 Å². The fraction of sp³-hybridized carbons (Fsp3) is 0.0476. The van der Waals surface area contributed by atoms with Gasteiger partial charge in [-0.15, -0.1) is 0 Å². The lowest BCUT2D eigenvalue weighted by Crippen LogP contribution is -2.34. The zero-order valence-electron chi connectivity index (χ0n) is 13.5. The molecule has 1 aliphatic rings. The molecule has 0 bridgehead atoms. The van der Waals surface area contributed by atoms with Crippen molar-refractivity contribution in [2.24, 2.45) is 0 Å². The van der Waals surface area contributed by atoms with E-state index in [1.54, 1.807) is 24.3 Å². The molecule has 0 saturated heterocycles. The van der Waals surface area contributed by atoms with Gasteiger partial charge in [-0.3, -0.25) is 14.5 Å². The van der Waals surface area contributed by atoms with E-state index in [2.05, 4.69) is 17.4 Å². The van der Waals surface area contributed by atoms with Crippen molar-refractivity contribution in [1.82, 2.24) is 4.90 Å². The Bertz CT molecular complexity index is 899. The Balaban J connectivity index is 1.46. The van der Waals surface area contributed by atoms with Crippen molar-refractivity contribution in [2.75, 3.05) is 12.0 Å². The second-order valence-electron chi connectivity index (χ2n) is 5.86. The predicted molar refractivity (Wildman–Crippen MR) is 97.3 cm³/mol. The van der Waals surface area contributed by atoms with Gasteiger partial charge in [0.25, 0.3) is 11.8 Å². The largest absolute Gasteiger partial charge is 0.367 e. The number of hydrogen-bond acceptors (Lipinski definition) is 3. The van der Waals surface area contributed by atoms with Gasteiger partial charge in [0.1, 0.15) is 0 Å². The molecule has 1 heterocycles. The number of fused-ring (bicyclic) bond motifs is 1. The van der Waals surface area contributed by atoms with Gasteiger partial charge < -0.3 is 5.32 Å². The van der Waals surface area contributed by atoms with Crippen LogP contribution in [0.25, 0.3) is 11.1 Å². The summed E-state index contributed by atoms with van der Waals surface area (Å²) < 4.78 is 0. The molecule has 0 aromatic heterocycles. The highest BCUT2D eigenvalue weighted by molar-refractivity contribution is 6.21. The first kappa shape index (κ1) is 15.1. The van der Waals surface area contributed by atoms with Crippen molar-refractivity contribution in [1.29, 1.82) is 0 Å². The van der Waals surface area contributed by atoms with Crippen LogP contribution in [-0.2, 0) is 0 Å². The van der Waals surface area contributed by atoms with Crippen molar-refractivity contribution < 1.29 is 9.59 Å². The average Bonchev–Trinajstić information content (AvgIpc) is 2.92. The Kier molecular flexibility index (Phi) is 3.78. The number of amides is 2. The lowest BCUT2D eigenvalue weighted by molar-refractivity contribution is 0.0666. The van der Waals surface area contributed by atoms with Gasteiger partial charge in [-0.25, -0.2) is 0 Å². The van der Waals surface area contributed by atoms with Crippen LogP contribution in [0.3, 0.4) is 0 Å². The molecular formula is C21H16N2O2. The van der Waals surface area contributed by atoms with Crippen LogP contribution in [0.5, 0.6) is 0 Å². The van der Waals surface area contributed by atoms with E-state index in [1.807, 2.05) is 42.5 Å². The monoisotopic (exact) mass is 328 g/mol. The van der Waals surface area contributed by atoms with E-state index in [1.165, 1.54) is 4.90 Å². The number of anilines is 1. The molecular weight excluding hydrogens is 312 g/mol. The number of benzene rings is 3. The van der Waals surface area contributed by atoms with E-state index in [0.717, 1.165) is 16.8 Å². The minimum absolute atomic E-state index is 0.150.